The highest BCUT2D eigenvalue weighted by atomic mass is 35.5. The van der Waals surface area contributed by atoms with Crippen LogP contribution in [-0.2, 0) is 4.74 Å². The van der Waals surface area contributed by atoms with Gasteiger partial charge in [-0.15, -0.1) is 0 Å². The summed E-state index contributed by atoms with van der Waals surface area (Å²) < 4.78 is 11.3. The van der Waals surface area contributed by atoms with Crippen molar-refractivity contribution in [2.45, 2.75) is 45.1 Å². The summed E-state index contributed by atoms with van der Waals surface area (Å²) in [5.41, 5.74) is 0.985. The second-order valence-electron chi connectivity index (χ2n) is 6.93. The van der Waals surface area contributed by atoms with Crippen molar-refractivity contribution in [3.63, 3.8) is 0 Å². The van der Waals surface area contributed by atoms with Gasteiger partial charge in [-0.2, -0.15) is 0 Å². The van der Waals surface area contributed by atoms with Gasteiger partial charge >= 0.3 is 6.09 Å². The van der Waals surface area contributed by atoms with E-state index in [1.807, 2.05) is 26.8 Å². The molecule has 0 bridgehead atoms. The molecule has 1 aromatic carbocycles. The molecule has 1 amide bonds. The van der Waals surface area contributed by atoms with Gasteiger partial charge in [-0.25, -0.2) is 9.78 Å². The number of aromatic nitrogens is 1. The van der Waals surface area contributed by atoms with Crippen LogP contribution in [0, 0.1) is 0 Å². The number of hydrogen-bond donors (Lipinski definition) is 0. The van der Waals surface area contributed by atoms with E-state index in [4.69, 9.17) is 20.8 Å². The third-order valence-electron chi connectivity index (χ3n) is 3.79. The number of oxazole rings is 1. The smallest absolute Gasteiger partial charge is 0.410 e. The van der Waals surface area contributed by atoms with Crippen molar-refractivity contribution < 1.29 is 13.9 Å². The Hall–Kier alpha value is -1.75. The van der Waals surface area contributed by atoms with E-state index in [-0.39, 0.29) is 12.0 Å². The number of nitrogens with zero attached hydrogens (tertiary/aromatic N) is 2. The molecule has 0 N–H and O–H groups in total. The monoisotopic (exact) mass is 336 g/mol. The lowest BCUT2D eigenvalue weighted by molar-refractivity contribution is 0.0191. The van der Waals surface area contributed by atoms with Crippen LogP contribution in [0.2, 0.25) is 5.02 Å². The van der Waals surface area contributed by atoms with Crippen LogP contribution in [0.4, 0.5) is 4.79 Å². The van der Waals surface area contributed by atoms with Crippen LogP contribution < -0.4 is 0 Å². The van der Waals surface area contributed by atoms with Gasteiger partial charge in [-0.1, -0.05) is 11.6 Å². The van der Waals surface area contributed by atoms with E-state index in [2.05, 4.69) is 4.98 Å². The summed E-state index contributed by atoms with van der Waals surface area (Å²) in [6.45, 7) is 6.89. The Morgan fingerprint density at radius 3 is 2.96 bits per heavy atom. The molecule has 124 valence electrons. The highest BCUT2D eigenvalue weighted by Gasteiger charge is 2.30. The summed E-state index contributed by atoms with van der Waals surface area (Å²) in [7, 11) is 0. The lowest BCUT2D eigenvalue weighted by Crippen LogP contribution is -2.42. The quantitative estimate of drug-likeness (QED) is 0.764. The molecule has 6 heteroatoms. The summed E-state index contributed by atoms with van der Waals surface area (Å²) >= 11 is 5.99. The maximum Gasteiger partial charge on any atom is 0.410 e. The van der Waals surface area contributed by atoms with Crippen LogP contribution in [0.1, 0.15) is 45.4 Å². The zero-order chi connectivity index (χ0) is 16.6. The molecule has 0 aliphatic carbocycles. The number of ether oxygens (including phenoxy) is 1. The first-order chi connectivity index (χ1) is 10.8. The second kappa shape index (κ2) is 6.04. The number of likely N-dealkylation sites (tertiary alicyclic amines) is 1. The van der Waals surface area contributed by atoms with Crippen LogP contribution in [-0.4, -0.2) is 34.7 Å². The average molecular weight is 337 g/mol. The van der Waals surface area contributed by atoms with E-state index in [0.29, 0.717) is 24.0 Å². The van der Waals surface area contributed by atoms with E-state index in [1.54, 1.807) is 17.0 Å². The molecular weight excluding hydrogens is 316 g/mol. The number of benzene rings is 1. The van der Waals surface area contributed by atoms with Crippen molar-refractivity contribution in [1.29, 1.82) is 0 Å². The fraction of sp³-hybridized carbons (Fsp3) is 0.529. The van der Waals surface area contributed by atoms with E-state index in [1.165, 1.54) is 0 Å². The summed E-state index contributed by atoms with van der Waals surface area (Å²) in [6, 6.07) is 5.40. The number of amides is 1. The molecule has 0 radical (unpaired) electrons. The zero-order valence-corrected chi connectivity index (χ0v) is 14.4. The summed E-state index contributed by atoms with van der Waals surface area (Å²) in [5.74, 6) is 0.748. The Balaban J connectivity index is 1.75. The van der Waals surface area contributed by atoms with Gasteiger partial charge < -0.3 is 14.1 Å². The van der Waals surface area contributed by atoms with E-state index in [0.717, 1.165) is 23.9 Å². The largest absolute Gasteiger partial charge is 0.444 e. The lowest BCUT2D eigenvalue weighted by Gasteiger charge is -2.32. The van der Waals surface area contributed by atoms with Crippen LogP contribution in [0.25, 0.3) is 11.1 Å². The molecule has 1 aromatic heterocycles. The second-order valence-corrected chi connectivity index (χ2v) is 7.37. The summed E-state index contributed by atoms with van der Waals surface area (Å²) in [4.78, 5) is 18.5. The molecule has 1 fully saturated rings. The number of hydrogen-bond acceptors (Lipinski definition) is 4. The number of rotatable bonds is 1. The Morgan fingerprint density at radius 2 is 2.22 bits per heavy atom. The van der Waals surface area contributed by atoms with Crippen molar-refractivity contribution in [3.05, 3.63) is 29.1 Å². The maximum atomic E-state index is 12.2. The van der Waals surface area contributed by atoms with Gasteiger partial charge in [-0.05, 0) is 51.8 Å². The van der Waals surface area contributed by atoms with Crippen molar-refractivity contribution >= 4 is 28.8 Å². The molecule has 1 unspecified atom stereocenters. The van der Waals surface area contributed by atoms with Gasteiger partial charge in [0.1, 0.15) is 11.1 Å². The van der Waals surface area contributed by atoms with Crippen molar-refractivity contribution in [1.82, 2.24) is 9.88 Å². The van der Waals surface area contributed by atoms with Crippen LogP contribution in [0.3, 0.4) is 0 Å². The van der Waals surface area contributed by atoms with E-state index < -0.39 is 5.60 Å². The molecule has 23 heavy (non-hydrogen) atoms. The molecule has 1 atom stereocenters. The minimum Gasteiger partial charge on any atom is -0.444 e. The third kappa shape index (κ3) is 3.78. The molecule has 1 saturated heterocycles. The number of carbonyl (C=O) groups excluding carboxylic acids is 1. The van der Waals surface area contributed by atoms with E-state index in [9.17, 15) is 4.79 Å². The van der Waals surface area contributed by atoms with Gasteiger partial charge in [0.25, 0.3) is 0 Å². The molecule has 5 nitrogen and oxygen atoms in total. The standard InChI is InChI=1S/C17H21ClN2O3/c1-17(2,3)23-16(21)20-8-4-5-11(10-20)15-19-13-9-12(18)6-7-14(13)22-15/h6-7,9,11H,4-5,8,10H2,1-3H3. The number of piperidine rings is 1. The minimum absolute atomic E-state index is 0.0856. The predicted molar refractivity (Wildman–Crippen MR) is 88.8 cm³/mol. The summed E-state index contributed by atoms with van der Waals surface area (Å²) in [6.07, 6.45) is 1.57. The molecule has 1 aliphatic rings. The maximum absolute atomic E-state index is 12.2. The molecule has 0 spiro atoms. The summed E-state index contributed by atoms with van der Waals surface area (Å²) in [5, 5.41) is 0.636. The van der Waals surface area contributed by atoms with Gasteiger partial charge in [0, 0.05) is 18.1 Å². The fourth-order valence-corrected chi connectivity index (χ4v) is 2.93. The Morgan fingerprint density at radius 1 is 1.43 bits per heavy atom. The topological polar surface area (TPSA) is 55.6 Å². The van der Waals surface area contributed by atoms with Gasteiger partial charge in [0.15, 0.2) is 11.5 Å². The first-order valence-electron chi connectivity index (χ1n) is 7.86. The van der Waals surface area contributed by atoms with Gasteiger partial charge in [0.2, 0.25) is 0 Å². The Bertz CT molecular complexity index is 720. The SMILES string of the molecule is CC(C)(C)OC(=O)N1CCCC(c2nc3cc(Cl)ccc3o2)C1. The van der Waals surface area contributed by atoms with Gasteiger partial charge in [-0.3, -0.25) is 0 Å². The van der Waals surface area contributed by atoms with Crippen LogP contribution in [0.5, 0.6) is 0 Å². The van der Waals surface area contributed by atoms with Crippen LogP contribution >= 0.6 is 11.6 Å². The normalized spacial score (nSPS) is 19.1. The van der Waals surface area contributed by atoms with Crippen molar-refractivity contribution in [2.24, 2.45) is 0 Å². The molecule has 2 heterocycles. The highest BCUT2D eigenvalue weighted by molar-refractivity contribution is 6.31. The molecular formula is C17H21ClN2O3. The Labute approximate surface area is 140 Å². The number of halogens is 1. The van der Waals surface area contributed by atoms with Crippen LogP contribution in [0.15, 0.2) is 22.6 Å². The first-order valence-corrected chi connectivity index (χ1v) is 8.23. The minimum atomic E-state index is -0.488. The third-order valence-corrected chi connectivity index (χ3v) is 4.02. The number of carbonyl (C=O) groups is 1. The molecule has 1 aliphatic heterocycles. The molecule has 2 aromatic rings. The van der Waals surface area contributed by atoms with Gasteiger partial charge in [0.05, 0.1) is 5.92 Å². The fourth-order valence-electron chi connectivity index (χ4n) is 2.76. The Kier molecular flexibility index (Phi) is 4.23. The number of fused-ring (bicyclic) bond motifs is 1. The highest BCUT2D eigenvalue weighted by Crippen LogP contribution is 2.30. The van der Waals surface area contributed by atoms with Crippen molar-refractivity contribution in [2.75, 3.05) is 13.1 Å². The van der Waals surface area contributed by atoms with Crippen molar-refractivity contribution in [3.8, 4) is 0 Å². The predicted octanol–water partition coefficient (Wildman–Crippen LogP) is 4.60. The average Bonchev–Trinajstić information content (AvgIpc) is 2.88. The lowest BCUT2D eigenvalue weighted by atomic mass is 9.98. The molecule has 3 rings (SSSR count). The molecule has 0 saturated carbocycles. The van der Waals surface area contributed by atoms with E-state index >= 15 is 0 Å². The first kappa shape index (κ1) is 16.1. The zero-order valence-electron chi connectivity index (χ0n) is 13.6.